The number of thiocarbonyl (C=S) groups is 1. The Labute approximate surface area is 237 Å². The zero-order chi connectivity index (χ0) is 27.6. The lowest BCUT2D eigenvalue weighted by Gasteiger charge is -2.37. The molecule has 2 fully saturated rings. The Morgan fingerprint density at radius 1 is 1.00 bits per heavy atom. The highest BCUT2D eigenvalue weighted by atomic mass is 32.1. The summed E-state index contributed by atoms with van der Waals surface area (Å²) in [5.41, 5.74) is 3.39. The number of ether oxygens (including phenoxy) is 2. The van der Waals surface area contributed by atoms with Crippen LogP contribution in [0, 0.1) is 12.3 Å². The number of aryl methyl sites for hydroxylation is 1. The van der Waals surface area contributed by atoms with E-state index in [1.165, 1.54) is 32.4 Å². The number of hydrogen-bond acceptors (Lipinski definition) is 8. The van der Waals surface area contributed by atoms with Crippen molar-refractivity contribution in [3.05, 3.63) is 41.5 Å². The average Bonchev–Trinajstić information content (AvgIpc) is 2.98. The van der Waals surface area contributed by atoms with Gasteiger partial charge in [0.15, 0.2) is 16.6 Å². The summed E-state index contributed by atoms with van der Waals surface area (Å²) in [5, 5.41) is 16.2. The van der Waals surface area contributed by atoms with E-state index in [-0.39, 0.29) is 0 Å². The van der Waals surface area contributed by atoms with Gasteiger partial charge in [0.25, 0.3) is 0 Å². The van der Waals surface area contributed by atoms with Gasteiger partial charge in [-0.1, -0.05) is 6.42 Å². The van der Waals surface area contributed by atoms with E-state index in [0.717, 1.165) is 48.7 Å². The molecule has 0 saturated carbocycles. The lowest BCUT2D eigenvalue weighted by molar-refractivity contribution is 0.203. The van der Waals surface area contributed by atoms with Crippen LogP contribution in [-0.2, 0) is 6.54 Å². The molecule has 10 nitrogen and oxygen atoms in total. The van der Waals surface area contributed by atoms with Crippen LogP contribution in [0.15, 0.2) is 24.5 Å². The minimum atomic E-state index is 0.461. The van der Waals surface area contributed by atoms with Crippen LogP contribution in [0.25, 0.3) is 0 Å². The standard InChI is InChI=1S/C28H42N8O2S/c1-21-18-32-22(19-31-21)20-33-28(39)36-13-11-35(12-14-36)27(29)23-16-25(37-3)26(17-24(23)30-2)38-15-7-10-34-8-5-4-6-9-34/h16-19,29-30H,4-15,20H2,1-3H3,(H,33,39). The summed E-state index contributed by atoms with van der Waals surface area (Å²) >= 11 is 5.62. The van der Waals surface area contributed by atoms with E-state index < -0.39 is 0 Å². The van der Waals surface area contributed by atoms with Gasteiger partial charge in [0.1, 0.15) is 5.84 Å². The summed E-state index contributed by atoms with van der Waals surface area (Å²) in [4.78, 5) is 15.4. The number of amidine groups is 1. The third-order valence-electron chi connectivity index (χ3n) is 7.29. The maximum atomic E-state index is 8.98. The number of methoxy groups -OCH3 is 1. The second-order valence-corrected chi connectivity index (χ2v) is 10.4. The molecule has 212 valence electrons. The van der Waals surface area contributed by atoms with Crippen molar-refractivity contribution in [2.75, 3.05) is 71.9 Å². The van der Waals surface area contributed by atoms with Crippen molar-refractivity contribution in [1.29, 1.82) is 5.41 Å². The van der Waals surface area contributed by atoms with E-state index in [2.05, 4.69) is 35.3 Å². The molecule has 0 atom stereocenters. The molecular weight excluding hydrogens is 512 g/mol. The van der Waals surface area contributed by atoms with Crippen molar-refractivity contribution in [2.24, 2.45) is 0 Å². The fourth-order valence-electron chi connectivity index (χ4n) is 4.98. The van der Waals surface area contributed by atoms with Gasteiger partial charge in [-0.05, 0) is 57.6 Å². The summed E-state index contributed by atoms with van der Waals surface area (Å²) in [6.45, 7) is 9.43. The first-order valence-corrected chi connectivity index (χ1v) is 14.3. The third-order valence-corrected chi connectivity index (χ3v) is 7.69. The molecule has 2 aliphatic heterocycles. The molecule has 0 amide bonds. The van der Waals surface area contributed by atoms with E-state index in [9.17, 15) is 0 Å². The van der Waals surface area contributed by atoms with Crippen molar-refractivity contribution in [3.63, 3.8) is 0 Å². The molecule has 39 heavy (non-hydrogen) atoms. The highest BCUT2D eigenvalue weighted by Gasteiger charge is 2.24. The topological polar surface area (TPSA) is 102 Å². The number of aromatic nitrogens is 2. The van der Waals surface area contributed by atoms with Crippen LogP contribution >= 0.6 is 12.2 Å². The largest absolute Gasteiger partial charge is 0.493 e. The van der Waals surface area contributed by atoms with E-state index in [0.29, 0.717) is 48.7 Å². The first-order chi connectivity index (χ1) is 19.0. The molecule has 0 spiro atoms. The second-order valence-electron chi connectivity index (χ2n) is 10.0. The Bertz CT molecular complexity index is 1100. The van der Waals surface area contributed by atoms with Gasteiger partial charge in [-0.15, -0.1) is 0 Å². The summed E-state index contributed by atoms with van der Waals surface area (Å²) in [6.07, 6.45) is 8.46. The van der Waals surface area contributed by atoms with Gasteiger partial charge in [-0.2, -0.15) is 0 Å². The summed E-state index contributed by atoms with van der Waals surface area (Å²) in [6, 6.07) is 3.86. The molecule has 4 rings (SSSR count). The van der Waals surface area contributed by atoms with Crippen molar-refractivity contribution in [1.82, 2.24) is 30.0 Å². The Hall–Kier alpha value is -3.18. The number of hydrogen-bond donors (Lipinski definition) is 3. The maximum Gasteiger partial charge on any atom is 0.169 e. The Morgan fingerprint density at radius 2 is 1.74 bits per heavy atom. The lowest BCUT2D eigenvalue weighted by Crippen LogP contribution is -2.53. The number of anilines is 1. The first-order valence-electron chi connectivity index (χ1n) is 13.9. The predicted octanol–water partition coefficient (Wildman–Crippen LogP) is 3.11. The molecule has 3 heterocycles. The average molecular weight is 555 g/mol. The maximum absolute atomic E-state index is 8.98. The van der Waals surface area contributed by atoms with Crippen molar-refractivity contribution in [3.8, 4) is 11.5 Å². The van der Waals surface area contributed by atoms with Crippen LogP contribution in [0.2, 0.25) is 0 Å². The molecule has 1 aromatic heterocycles. The molecule has 0 bridgehead atoms. The SMILES string of the molecule is CNc1cc(OCCCN2CCCCC2)c(OC)cc1C(=N)N1CCN(C(=S)NCc2cnc(C)cn2)CC1. The quantitative estimate of drug-likeness (QED) is 0.176. The van der Waals surface area contributed by atoms with Gasteiger partial charge >= 0.3 is 0 Å². The fourth-order valence-corrected chi connectivity index (χ4v) is 5.24. The number of nitrogens with one attached hydrogen (secondary N) is 3. The van der Waals surface area contributed by atoms with Gasteiger partial charge in [-0.25, -0.2) is 0 Å². The highest BCUT2D eigenvalue weighted by molar-refractivity contribution is 7.80. The van der Waals surface area contributed by atoms with Gasteiger partial charge in [-0.3, -0.25) is 15.4 Å². The number of rotatable bonds is 10. The van der Waals surface area contributed by atoms with Crippen molar-refractivity contribution >= 4 is 28.9 Å². The zero-order valence-corrected chi connectivity index (χ0v) is 24.3. The highest BCUT2D eigenvalue weighted by Crippen LogP contribution is 2.34. The molecule has 3 N–H and O–H groups in total. The number of piperazine rings is 1. The molecular formula is C28H42N8O2S. The predicted molar refractivity (Wildman–Crippen MR) is 159 cm³/mol. The van der Waals surface area contributed by atoms with E-state index in [1.807, 2.05) is 26.1 Å². The first kappa shape index (κ1) is 28.8. The van der Waals surface area contributed by atoms with Crippen molar-refractivity contribution < 1.29 is 9.47 Å². The van der Waals surface area contributed by atoms with E-state index in [4.69, 9.17) is 27.1 Å². The van der Waals surface area contributed by atoms with E-state index >= 15 is 0 Å². The number of benzene rings is 1. The number of nitrogens with zero attached hydrogens (tertiary/aromatic N) is 5. The number of likely N-dealkylation sites (tertiary alicyclic amines) is 1. The monoisotopic (exact) mass is 554 g/mol. The van der Waals surface area contributed by atoms with Crippen LogP contribution in [-0.4, -0.2) is 102 Å². The Balaban J connectivity index is 1.29. The minimum Gasteiger partial charge on any atom is -0.493 e. The third kappa shape index (κ3) is 7.92. The molecule has 2 saturated heterocycles. The Morgan fingerprint density at radius 3 is 2.41 bits per heavy atom. The van der Waals surface area contributed by atoms with Crippen LogP contribution in [0.3, 0.4) is 0 Å². The van der Waals surface area contributed by atoms with Crippen LogP contribution < -0.4 is 20.1 Å². The molecule has 0 unspecified atom stereocenters. The van der Waals surface area contributed by atoms with Gasteiger partial charge < -0.3 is 34.8 Å². The van der Waals surface area contributed by atoms with Crippen LogP contribution in [0.1, 0.15) is 42.6 Å². The second kappa shape index (κ2) is 14.3. The smallest absolute Gasteiger partial charge is 0.169 e. The van der Waals surface area contributed by atoms with Crippen molar-refractivity contribution in [2.45, 2.75) is 39.2 Å². The minimum absolute atomic E-state index is 0.461. The molecule has 11 heteroatoms. The summed E-state index contributed by atoms with van der Waals surface area (Å²) in [7, 11) is 3.52. The van der Waals surface area contributed by atoms with Gasteiger partial charge in [0, 0.05) is 63.3 Å². The Kier molecular flexibility index (Phi) is 10.5. The molecule has 2 aromatic rings. The number of piperidine rings is 1. The van der Waals surface area contributed by atoms with E-state index in [1.54, 1.807) is 19.5 Å². The molecule has 0 aliphatic carbocycles. The summed E-state index contributed by atoms with van der Waals surface area (Å²) < 4.78 is 11.8. The normalized spacial score (nSPS) is 16.1. The van der Waals surface area contributed by atoms with Gasteiger partial charge in [0.2, 0.25) is 0 Å². The zero-order valence-electron chi connectivity index (χ0n) is 23.5. The fraction of sp³-hybridized carbons (Fsp3) is 0.571. The molecule has 2 aliphatic rings. The molecule has 1 aromatic carbocycles. The van der Waals surface area contributed by atoms with Crippen LogP contribution in [0.5, 0.6) is 11.5 Å². The molecule has 0 radical (unpaired) electrons. The summed E-state index contributed by atoms with van der Waals surface area (Å²) in [5.74, 6) is 1.81. The van der Waals surface area contributed by atoms with Gasteiger partial charge in [0.05, 0.1) is 37.8 Å². The lowest BCUT2D eigenvalue weighted by atomic mass is 10.1. The van der Waals surface area contributed by atoms with Crippen LogP contribution in [0.4, 0.5) is 5.69 Å².